The number of nitrogens with zero attached hydrogens (tertiary/aromatic N) is 2. The molecule has 0 saturated heterocycles. The van der Waals surface area contributed by atoms with Crippen molar-refractivity contribution in [2.24, 2.45) is 0 Å². The number of aliphatic hydroxyl groups excluding tert-OH is 1. The highest BCUT2D eigenvalue weighted by Crippen LogP contribution is 2.35. The highest BCUT2D eigenvalue weighted by molar-refractivity contribution is 9.10. The second-order valence-electron chi connectivity index (χ2n) is 6.94. The van der Waals surface area contributed by atoms with Crippen LogP contribution in [-0.2, 0) is 11.3 Å². The predicted octanol–water partition coefficient (Wildman–Crippen LogP) is 1.83. The quantitative estimate of drug-likeness (QED) is 0.496. The molecule has 31 heavy (non-hydrogen) atoms. The molecule has 162 valence electrons. The third-order valence-electron chi connectivity index (χ3n) is 4.69. The number of hydrogen-bond donors (Lipinski definition) is 2. The minimum Gasteiger partial charge on any atom is -0.491 e. The molecular weight excluding hydrogens is 470 g/mol. The lowest BCUT2D eigenvalue weighted by atomic mass is 10.2. The fourth-order valence-electron chi connectivity index (χ4n) is 3.05. The minimum atomic E-state index is -0.892. The SMILES string of the molecule is O=C(CCn1cnc2ccc(Br)cc2c1=O)NCC(O)COc1ccc2c(c1)OCO2. The topological polar surface area (TPSA) is 112 Å². The summed E-state index contributed by atoms with van der Waals surface area (Å²) in [5.74, 6) is 1.48. The fourth-order valence-corrected chi connectivity index (χ4v) is 3.41. The van der Waals surface area contributed by atoms with Crippen molar-refractivity contribution < 1.29 is 24.1 Å². The molecule has 1 aromatic heterocycles. The zero-order chi connectivity index (χ0) is 21.8. The lowest BCUT2D eigenvalue weighted by Crippen LogP contribution is -2.36. The van der Waals surface area contributed by atoms with Gasteiger partial charge in [0.15, 0.2) is 11.5 Å². The molecule has 2 heterocycles. The van der Waals surface area contributed by atoms with E-state index >= 15 is 0 Å². The van der Waals surface area contributed by atoms with Crippen LogP contribution in [0.5, 0.6) is 17.2 Å². The van der Waals surface area contributed by atoms with E-state index in [0.717, 1.165) is 4.47 Å². The van der Waals surface area contributed by atoms with Gasteiger partial charge in [0, 0.05) is 30.0 Å². The van der Waals surface area contributed by atoms with Crippen molar-refractivity contribution in [3.05, 3.63) is 57.6 Å². The molecule has 0 bridgehead atoms. The van der Waals surface area contributed by atoms with Crippen LogP contribution in [0.4, 0.5) is 0 Å². The number of ether oxygens (including phenoxy) is 3. The molecule has 0 aliphatic carbocycles. The first-order valence-electron chi connectivity index (χ1n) is 9.61. The maximum Gasteiger partial charge on any atom is 0.261 e. The van der Waals surface area contributed by atoms with E-state index < -0.39 is 6.10 Å². The molecule has 0 fully saturated rings. The lowest BCUT2D eigenvalue weighted by molar-refractivity contribution is -0.121. The highest BCUT2D eigenvalue weighted by atomic mass is 79.9. The summed E-state index contributed by atoms with van der Waals surface area (Å²) < 4.78 is 18.2. The Bertz CT molecular complexity index is 1170. The van der Waals surface area contributed by atoms with Crippen LogP contribution in [0.25, 0.3) is 10.9 Å². The second kappa shape index (κ2) is 9.36. The summed E-state index contributed by atoms with van der Waals surface area (Å²) in [6.45, 7) is 0.389. The summed E-state index contributed by atoms with van der Waals surface area (Å²) in [6, 6.07) is 10.4. The molecule has 9 nitrogen and oxygen atoms in total. The van der Waals surface area contributed by atoms with Crippen LogP contribution < -0.4 is 25.1 Å². The summed E-state index contributed by atoms with van der Waals surface area (Å²) in [5, 5.41) is 13.2. The van der Waals surface area contributed by atoms with Crippen LogP contribution >= 0.6 is 15.9 Å². The zero-order valence-corrected chi connectivity index (χ0v) is 18.0. The largest absolute Gasteiger partial charge is 0.491 e. The minimum absolute atomic E-state index is 0.00283. The van der Waals surface area contributed by atoms with Gasteiger partial charge in [0.05, 0.1) is 17.2 Å². The van der Waals surface area contributed by atoms with E-state index in [1.54, 1.807) is 30.3 Å². The molecule has 1 unspecified atom stereocenters. The number of carbonyl (C=O) groups excluding carboxylic acids is 1. The van der Waals surface area contributed by atoms with Crippen molar-refractivity contribution in [3.63, 3.8) is 0 Å². The Labute approximate surface area is 185 Å². The van der Waals surface area contributed by atoms with Gasteiger partial charge in [-0.2, -0.15) is 0 Å². The fraction of sp³-hybridized carbons (Fsp3) is 0.286. The molecule has 1 aliphatic heterocycles. The summed E-state index contributed by atoms with van der Waals surface area (Å²) in [4.78, 5) is 28.9. The summed E-state index contributed by atoms with van der Waals surface area (Å²) in [5.41, 5.74) is 0.385. The Hall–Kier alpha value is -3.11. The number of nitrogens with one attached hydrogen (secondary N) is 1. The van der Waals surface area contributed by atoms with Crippen LogP contribution in [-0.4, -0.2) is 46.6 Å². The molecule has 4 rings (SSSR count). The van der Waals surface area contributed by atoms with E-state index in [1.807, 2.05) is 6.07 Å². The Morgan fingerprint density at radius 1 is 1.26 bits per heavy atom. The van der Waals surface area contributed by atoms with Gasteiger partial charge in [-0.15, -0.1) is 0 Å². The average Bonchev–Trinajstić information content (AvgIpc) is 3.24. The van der Waals surface area contributed by atoms with Crippen molar-refractivity contribution in [2.75, 3.05) is 19.9 Å². The van der Waals surface area contributed by atoms with Gasteiger partial charge in [0.25, 0.3) is 5.56 Å². The molecule has 1 amide bonds. The summed E-state index contributed by atoms with van der Waals surface area (Å²) in [7, 11) is 0. The first-order chi connectivity index (χ1) is 15.0. The summed E-state index contributed by atoms with van der Waals surface area (Å²) >= 11 is 3.34. The van der Waals surface area contributed by atoms with Crippen LogP contribution in [0, 0.1) is 0 Å². The smallest absolute Gasteiger partial charge is 0.261 e. The number of aliphatic hydroxyl groups is 1. The average molecular weight is 490 g/mol. The van der Waals surface area contributed by atoms with Crippen LogP contribution in [0.1, 0.15) is 6.42 Å². The monoisotopic (exact) mass is 489 g/mol. The van der Waals surface area contributed by atoms with Crippen molar-refractivity contribution in [2.45, 2.75) is 19.1 Å². The molecule has 1 aliphatic rings. The van der Waals surface area contributed by atoms with Crippen molar-refractivity contribution in [3.8, 4) is 17.2 Å². The van der Waals surface area contributed by atoms with Gasteiger partial charge in [-0.3, -0.25) is 14.2 Å². The Morgan fingerprint density at radius 3 is 2.97 bits per heavy atom. The first kappa shape index (κ1) is 21.1. The van der Waals surface area contributed by atoms with Crippen LogP contribution in [0.15, 0.2) is 52.0 Å². The van der Waals surface area contributed by atoms with Gasteiger partial charge in [-0.05, 0) is 30.3 Å². The second-order valence-corrected chi connectivity index (χ2v) is 7.85. The van der Waals surface area contributed by atoms with E-state index in [0.29, 0.717) is 28.2 Å². The lowest BCUT2D eigenvalue weighted by Gasteiger charge is -2.14. The normalized spacial score (nSPS) is 13.2. The zero-order valence-electron chi connectivity index (χ0n) is 16.4. The Morgan fingerprint density at radius 2 is 2.10 bits per heavy atom. The molecule has 0 saturated carbocycles. The maximum atomic E-state index is 12.5. The van der Waals surface area contributed by atoms with Gasteiger partial charge in [0.1, 0.15) is 18.5 Å². The number of halogens is 1. The molecule has 0 spiro atoms. The maximum absolute atomic E-state index is 12.5. The van der Waals surface area contributed by atoms with Gasteiger partial charge < -0.3 is 24.6 Å². The molecule has 2 N–H and O–H groups in total. The first-order valence-corrected chi connectivity index (χ1v) is 10.4. The number of hydrogen-bond acceptors (Lipinski definition) is 7. The number of aromatic nitrogens is 2. The molecular formula is C21H20BrN3O6. The van der Waals surface area contributed by atoms with E-state index in [4.69, 9.17) is 14.2 Å². The third kappa shape index (κ3) is 5.15. The number of aryl methyl sites for hydroxylation is 1. The molecule has 10 heteroatoms. The van der Waals surface area contributed by atoms with E-state index in [-0.39, 0.29) is 44.4 Å². The molecule has 0 radical (unpaired) electrons. The summed E-state index contributed by atoms with van der Waals surface area (Å²) in [6.07, 6.45) is 0.619. The van der Waals surface area contributed by atoms with Crippen LogP contribution in [0.3, 0.4) is 0 Å². The van der Waals surface area contributed by atoms with Crippen molar-refractivity contribution in [1.82, 2.24) is 14.9 Å². The Balaban J connectivity index is 1.23. The highest BCUT2D eigenvalue weighted by Gasteiger charge is 2.15. The number of fused-ring (bicyclic) bond motifs is 2. The van der Waals surface area contributed by atoms with Crippen molar-refractivity contribution >= 4 is 32.7 Å². The van der Waals surface area contributed by atoms with E-state index in [2.05, 4.69) is 26.2 Å². The number of rotatable bonds is 8. The molecule has 2 aromatic carbocycles. The number of benzene rings is 2. The van der Waals surface area contributed by atoms with Crippen LogP contribution in [0.2, 0.25) is 0 Å². The standard InChI is InChI=1S/C21H20BrN3O6/c22-13-1-3-17-16(7-13)21(28)25(11-24-17)6-5-20(27)23-9-14(26)10-29-15-2-4-18-19(8-15)31-12-30-18/h1-4,7-8,11,14,26H,5-6,9-10,12H2,(H,23,27). The number of carbonyl (C=O) groups is 1. The van der Waals surface area contributed by atoms with Gasteiger partial charge >= 0.3 is 0 Å². The molecule has 3 aromatic rings. The predicted molar refractivity (Wildman–Crippen MR) is 115 cm³/mol. The van der Waals surface area contributed by atoms with Crippen molar-refractivity contribution in [1.29, 1.82) is 0 Å². The van der Waals surface area contributed by atoms with E-state index in [1.165, 1.54) is 10.9 Å². The third-order valence-corrected chi connectivity index (χ3v) is 5.18. The number of amides is 1. The van der Waals surface area contributed by atoms with Gasteiger partial charge in [0.2, 0.25) is 12.7 Å². The Kier molecular flexibility index (Phi) is 6.38. The van der Waals surface area contributed by atoms with Gasteiger partial charge in [-0.25, -0.2) is 4.98 Å². The molecule has 1 atom stereocenters. The van der Waals surface area contributed by atoms with E-state index in [9.17, 15) is 14.7 Å². The van der Waals surface area contributed by atoms with Gasteiger partial charge in [-0.1, -0.05) is 15.9 Å².